The van der Waals surface area contributed by atoms with Gasteiger partial charge in [-0.1, -0.05) is 48.0 Å². The summed E-state index contributed by atoms with van der Waals surface area (Å²) in [4.78, 5) is 30.3. The van der Waals surface area contributed by atoms with Gasteiger partial charge in [-0.3, -0.25) is 9.59 Å². The first-order valence-electron chi connectivity index (χ1n) is 11.6. The molecule has 0 radical (unpaired) electrons. The third-order valence-electron chi connectivity index (χ3n) is 7.26. The molecule has 1 atom stereocenters. The van der Waals surface area contributed by atoms with Crippen molar-refractivity contribution >= 4 is 29.1 Å². The number of anilines is 1. The number of carbonyl (C=O) groups excluding carboxylic acids is 2. The van der Waals surface area contributed by atoms with E-state index in [4.69, 9.17) is 21.1 Å². The fourth-order valence-corrected chi connectivity index (χ4v) is 5.59. The van der Waals surface area contributed by atoms with E-state index in [0.717, 1.165) is 18.5 Å². The Labute approximate surface area is 199 Å². The van der Waals surface area contributed by atoms with Gasteiger partial charge in [-0.05, 0) is 49.4 Å². The molecular formula is C26H29ClN2O4. The maximum Gasteiger partial charge on any atom is 0.253 e. The van der Waals surface area contributed by atoms with Crippen LogP contribution in [0.15, 0.2) is 54.6 Å². The van der Waals surface area contributed by atoms with Crippen LogP contribution >= 0.6 is 11.6 Å². The summed E-state index contributed by atoms with van der Waals surface area (Å²) in [7, 11) is 0. The Kier molecular flexibility index (Phi) is 6.16. The van der Waals surface area contributed by atoms with Crippen LogP contribution in [0, 0.1) is 5.41 Å². The second-order valence-corrected chi connectivity index (χ2v) is 9.90. The molecule has 5 rings (SSSR count). The first-order chi connectivity index (χ1) is 16.0. The smallest absolute Gasteiger partial charge is 0.253 e. The zero-order valence-electron chi connectivity index (χ0n) is 18.7. The van der Waals surface area contributed by atoms with Crippen molar-refractivity contribution < 1.29 is 19.1 Å². The highest BCUT2D eigenvalue weighted by molar-refractivity contribution is 6.30. The summed E-state index contributed by atoms with van der Waals surface area (Å²) in [5, 5.41) is 0.589. The van der Waals surface area contributed by atoms with Gasteiger partial charge in [-0.2, -0.15) is 0 Å². The van der Waals surface area contributed by atoms with Crippen LogP contribution in [0.5, 0.6) is 0 Å². The van der Waals surface area contributed by atoms with Crippen molar-refractivity contribution in [2.75, 3.05) is 44.4 Å². The summed E-state index contributed by atoms with van der Waals surface area (Å²) in [6, 6.07) is 17.6. The maximum absolute atomic E-state index is 13.9. The maximum atomic E-state index is 13.9. The highest BCUT2D eigenvalue weighted by atomic mass is 35.5. The summed E-state index contributed by atoms with van der Waals surface area (Å²) in [6.07, 6.45) is 2.87. The molecule has 1 spiro atoms. The molecule has 0 N–H and O–H groups in total. The van der Waals surface area contributed by atoms with E-state index in [9.17, 15) is 9.59 Å². The van der Waals surface area contributed by atoms with E-state index in [0.29, 0.717) is 50.7 Å². The fourth-order valence-electron chi connectivity index (χ4n) is 5.41. The molecule has 2 aromatic carbocycles. The third kappa shape index (κ3) is 4.52. The van der Waals surface area contributed by atoms with E-state index in [1.54, 1.807) is 17.0 Å². The first kappa shape index (κ1) is 22.4. The van der Waals surface area contributed by atoms with E-state index >= 15 is 0 Å². The van der Waals surface area contributed by atoms with Crippen molar-refractivity contribution in [2.45, 2.75) is 31.3 Å². The minimum atomic E-state index is -0.551. The van der Waals surface area contributed by atoms with Crippen LogP contribution in [-0.2, 0) is 25.5 Å². The molecule has 6 nitrogen and oxygen atoms in total. The molecular weight excluding hydrogens is 440 g/mol. The van der Waals surface area contributed by atoms with Gasteiger partial charge in [0.2, 0.25) is 5.91 Å². The van der Waals surface area contributed by atoms with Crippen LogP contribution in [0.25, 0.3) is 0 Å². The molecule has 0 bridgehead atoms. The van der Waals surface area contributed by atoms with Crippen molar-refractivity contribution in [2.24, 2.45) is 5.41 Å². The van der Waals surface area contributed by atoms with Gasteiger partial charge < -0.3 is 19.3 Å². The van der Waals surface area contributed by atoms with Gasteiger partial charge >= 0.3 is 0 Å². The molecule has 3 saturated heterocycles. The molecule has 0 saturated carbocycles. The van der Waals surface area contributed by atoms with Crippen LogP contribution in [0.2, 0.25) is 5.02 Å². The number of likely N-dealkylation sites (tertiary alicyclic amines) is 1. The number of halogens is 1. The molecule has 0 aromatic heterocycles. The molecule has 2 amide bonds. The summed E-state index contributed by atoms with van der Waals surface area (Å²) < 4.78 is 11.7. The monoisotopic (exact) mass is 468 g/mol. The Morgan fingerprint density at radius 3 is 2.55 bits per heavy atom. The quantitative estimate of drug-likeness (QED) is 0.686. The van der Waals surface area contributed by atoms with Crippen LogP contribution in [0.1, 0.15) is 24.8 Å². The van der Waals surface area contributed by atoms with Crippen molar-refractivity contribution in [3.8, 4) is 0 Å². The number of nitrogens with zero attached hydrogens (tertiary/aromatic N) is 2. The van der Waals surface area contributed by atoms with Gasteiger partial charge in [-0.15, -0.1) is 0 Å². The average molecular weight is 469 g/mol. The highest BCUT2D eigenvalue weighted by Gasteiger charge is 2.50. The normalized spacial score (nSPS) is 24.9. The van der Waals surface area contributed by atoms with Gasteiger partial charge in [0.25, 0.3) is 5.91 Å². The number of benzene rings is 2. The van der Waals surface area contributed by atoms with Crippen LogP contribution in [0.3, 0.4) is 0 Å². The number of carbonyl (C=O) groups is 2. The van der Waals surface area contributed by atoms with E-state index in [2.05, 4.69) is 12.1 Å². The summed E-state index contributed by atoms with van der Waals surface area (Å²) in [6.45, 7) is 2.76. The molecule has 0 aliphatic carbocycles. The minimum Gasteiger partial charge on any atom is -0.381 e. The Bertz CT molecular complexity index is 1020. The number of amides is 2. The highest BCUT2D eigenvalue weighted by Crippen LogP contribution is 2.40. The van der Waals surface area contributed by atoms with Crippen LogP contribution in [-0.4, -0.2) is 61.8 Å². The van der Waals surface area contributed by atoms with E-state index in [1.165, 1.54) is 5.56 Å². The Hall–Kier alpha value is -2.41. The molecule has 3 aliphatic heterocycles. The topological polar surface area (TPSA) is 59.1 Å². The lowest BCUT2D eigenvalue weighted by Gasteiger charge is -2.42. The Morgan fingerprint density at radius 2 is 1.79 bits per heavy atom. The molecule has 0 unspecified atom stereocenters. The Morgan fingerprint density at radius 1 is 1.00 bits per heavy atom. The van der Waals surface area contributed by atoms with Gasteiger partial charge in [0.15, 0.2) is 0 Å². The zero-order chi connectivity index (χ0) is 22.9. The van der Waals surface area contributed by atoms with Crippen molar-refractivity contribution in [3.05, 3.63) is 65.2 Å². The summed E-state index contributed by atoms with van der Waals surface area (Å²) in [5.74, 6) is 0.0963. The lowest BCUT2D eigenvalue weighted by molar-refractivity contribution is -0.149. The first-order valence-corrected chi connectivity index (χ1v) is 12.0. The summed E-state index contributed by atoms with van der Waals surface area (Å²) >= 11 is 6.16. The predicted molar refractivity (Wildman–Crippen MR) is 126 cm³/mol. The van der Waals surface area contributed by atoms with E-state index in [1.807, 2.05) is 35.2 Å². The molecule has 3 aliphatic rings. The van der Waals surface area contributed by atoms with Crippen molar-refractivity contribution in [3.63, 3.8) is 0 Å². The van der Waals surface area contributed by atoms with Crippen LogP contribution < -0.4 is 4.90 Å². The number of hydrogen-bond acceptors (Lipinski definition) is 4. The summed E-state index contributed by atoms with van der Waals surface area (Å²) in [5.41, 5.74) is 0.936. The number of rotatable bonds is 4. The standard InChI is InChI=1S/C26H29ClN2O4/c27-21-7-4-8-22(15-21)29-19-26(33-17-23(29)30)9-12-28(18-26)24(31)25(10-13-32-14-11-25)16-20-5-2-1-3-6-20/h1-8,15H,9-14,16-19H2/t26-/m1/s1. The van der Waals surface area contributed by atoms with Gasteiger partial charge in [0, 0.05) is 30.5 Å². The van der Waals surface area contributed by atoms with Gasteiger partial charge in [0.05, 0.1) is 18.5 Å². The molecule has 3 heterocycles. The average Bonchev–Trinajstić information content (AvgIpc) is 3.25. The zero-order valence-corrected chi connectivity index (χ0v) is 19.4. The van der Waals surface area contributed by atoms with Crippen LogP contribution in [0.4, 0.5) is 5.69 Å². The van der Waals surface area contributed by atoms with Gasteiger partial charge in [-0.25, -0.2) is 0 Å². The molecule has 174 valence electrons. The Balaban J connectivity index is 1.34. The molecule has 7 heteroatoms. The third-order valence-corrected chi connectivity index (χ3v) is 7.50. The fraction of sp³-hybridized carbons (Fsp3) is 0.462. The number of hydrogen-bond donors (Lipinski definition) is 0. The second kappa shape index (κ2) is 9.09. The molecule has 3 fully saturated rings. The lowest BCUT2D eigenvalue weighted by Crippen LogP contribution is -2.57. The number of morpholine rings is 1. The molecule has 2 aromatic rings. The molecule has 33 heavy (non-hydrogen) atoms. The largest absolute Gasteiger partial charge is 0.381 e. The van der Waals surface area contributed by atoms with Gasteiger partial charge in [0.1, 0.15) is 12.2 Å². The van der Waals surface area contributed by atoms with Crippen molar-refractivity contribution in [1.82, 2.24) is 4.90 Å². The lowest BCUT2D eigenvalue weighted by atomic mass is 9.74. The van der Waals surface area contributed by atoms with Crippen molar-refractivity contribution in [1.29, 1.82) is 0 Å². The number of ether oxygens (including phenoxy) is 2. The predicted octanol–water partition coefficient (Wildman–Crippen LogP) is 3.71. The minimum absolute atomic E-state index is 0.0115. The second-order valence-electron chi connectivity index (χ2n) is 9.46. The SMILES string of the molecule is O=C1CO[C@@]2(CCN(C(=O)C3(Cc4ccccc4)CCOCC3)C2)CN1c1cccc(Cl)c1. The van der Waals surface area contributed by atoms with E-state index < -0.39 is 11.0 Å². The van der Waals surface area contributed by atoms with E-state index in [-0.39, 0.29) is 18.4 Å².